The number of aliphatic hydroxyl groups excluding tert-OH is 1. The summed E-state index contributed by atoms with van der Waals surface area (Å²) in [7, 11) is 0. The van der Waals surface area contributed by atoms with Gasteiger partial charge in [0.05, 0.1) is 10.0 Å². The molecule has 0 amide bonds. The van der Waals surface area contributed by atoms with E-state index in [0.29, 0.717) is 17.1 Å². The van der Waals surface area contributed by atoms with Crippen LogP contribution in [0.4, 0.5) is 0 Å². The van der Waals surface area contributed by atoms with Crippen LogP contribution >= 0.6 is 15.9 Å². The molecular formula is C23H19BrO3. The number of aryl methyl sites for hydroxylation is 1. The van der Waals surface area contributed by atoms with Crippen LogP contribution in [0.2, 0.25) is 0 Å². The third kappa shape index (κ3) is 5.62. The lowest BCUT2D eigenvalue weighted by molar-refractivity contribution is 0.151. The minimum atomic E-state index is -0.914. The van der Waals surface area contributed by atoms with Gasteiger partial charge in [0.15, 0.2) is 0 Å². The Morgan fingerprint density at radius 3 is 2.48 bits per heavy atom. The van der Waals surface area contributed by atoms with Gasteiger partial charge in [-0.1, -0.05) is 48.2 Å². The van der Waals surface area contributed by atoms with E-state index in [1.54, 1.807) is 0 Å². The van der Waals surface area contributed by atoms with E-state index in [2.05, 4.69) is 27.8 Å². The van der Waals surface area contributed by atoms with E-state index in [9.17, 15) is 5.11 Å². The maximum absolute atomic E-state index is 10.1. The van der Waals surface area contributed by atoms with Crippen LogP contribution < -0.4 is 9.47 Å². The zero-order valence-corrected chi connectivity index (χ0v) is 16.4. The van der Waals surface area contributed by atoms with Gasteiger partial charge < -0.3 is 14.6 Å². The largest absolute Gasteiger partial charge is 0.489 e. The van der Waals surface area contributed by atoms with Crippen LogP contribution in [-0.4, -0.2) is 17.8 Å². The SMILES string of the molecule is Cc1ccc(OCC(O)C#Cc2ccccc2Oc2ccccc2)c(Br)c1. The Morgan fingerprint density at radius 1 is 0.963 bits per heavy atom. The molecule has 0 heterocycles. The predicted octanol–water partition coefficient (Wildman–Crippen LogP) is 5.34. The van der Waals surface area contributed by atoms with Crippen LogP contribution in [0.3, 0.4) is 0 Å². The van der Waals surface area contributed by atoms with Crippen LogP contribution in [0.15, 0.2) is 77.3 Å². The van der Waals surface area contributed by atoms with Gasteiger partial charge in [-0.15, -0.1) is 0 Å². The first kappa shape index (κ1) is 19.0. The van der Waals surface area contributed by atoms with Gasteiger partial charge in [0.2, 0.25) is 0 Å². The van der Waals surface area contributed by atoms with Crippen molar-refractivity contribution in [3.8, 4) is 29.1 Å². The highest BCUT2D eigenvalue weighted by Gasteiger charge is 2.06. The van der Waals surface area contributed by atoms with E-state index in [4.69, 9.17) is 9.47 Å². The van der Waals surface area contributed by atoms with E-state index in [0.717, 1.165) is 15.8 Å². The normalized spacial score (nSPS) is 11.2. The number of hydrogen-bond acceptors (Lipinski definition) is 3. The molecule has 0 aromatic heterocycles. The molecule has 0 saturated carbocycles. The van der Waals surface area contributed by atoms with Crippen LogP contribution in [0, 0.1) is 18.8 Å². The minimum absolute atomic E-state index is 0.0797. The Labute approximate surface area is 167 Å². The summed E-state index contributed by atoms with van der Waals surface area (Å²) < 4.78 is 12.4. The zero-order valence-electron chi connectivity index (χ0n) is 14.9. The van der Waals surface area contributed by atoms with E-state index >= 15 is 0 Å². The molecule has 3 aromatic carbocycles. The van der Waals surface area contributed by atoms with Gasteiger partial charge in [-0.2, -0.15) is 0 Å². The fraction of sp³-hybridized carbons (Fsp3) is 0.130. The Hall–Kier alpha value is -2.74. The molecule has 0 saturated heterocycles. The van der Waals surface area contributed by atoms with Gasteiger partial charge in [0.25, 0.3) is 0 Å². The van der Waals surface area contributed by atoms with Crippen LogP contribution in [0.25, 0.3) is 0 Å². The number of rotatable bonds is 5. The molecule has 1 N–H and O–H groups in total. The Bertz CT molecular complexity index is 958. The zero-order chi connectivity index (χ0) is 19.1. The molecule has 3 aromatic rings. The van der Waals surface area contributed by atoms with Gasteiger partial charge in [0, 0.05) is 0 Å². The first-order valence-corrected chi connectivity index (χ1v) is 9.31. The maximum Gasteiger partial charge on any atom is 0.148 e. The molecule has 0 aliphatic carbocycles. The van der Waals surface area contributed by atoms with Gasteiger partial charge in [-0.25, -0.2) is 0 Å². The summed E-state index contributed by atoms with van der Waals surface area (Å²) in [6, 6.07) is 22.8. The van der Waals surface area contributed by atoms with Crippen LogP contribution in [0.5, 0.6) is 17.2 Å². The molecule has 0 fully saturated rings. The van der Waals surface area contributed by atoms with Crippen molar-refractivity contribution in [2.45, 2.75) is 13.0 Å². The van der Waals surface area contributed by atoms with Crippen molar-refractivity contribution in [3.63, 3.8) is 0 Å². The molecule has 0 spiro atoms. The Kier molecular flexibility index (Phi) is 6.54. The standard InChI is InChI=1S/C23H19BrO3/c1-17-11-14-23(21(24)15-17)26-16-19(25)13-12-18-7-5-6-10-22(18)27-20-8-3-2-4-9-20/h2-11,14-15,19,25H,16H2,1H3. The van der Waals surface area contributed by atoms with Crippen molar-refractivity contribution < 1.29 is 14.6 Å². The molecule has 4 heteroatoms. The summed E-state index contributed by atoms with van der Waals surface area (Å²) in [4.78, 5) is 0. The van der Waals surface area contributed by atoms with E-state index < -0.39 is 6.10 Å². The van der Waals surface area contributed by atoms with E-state index in [-0.39, 0.29) is 6.61 Å². The molecule has 27 heavy (non-hydrogen) atoms. The minimum Gasteiger partial charge on any atom is -0.489 e. The number of para-hydroxylation sites is 2. The van der Waals surface area contributed by atoms with Crippen LogP contribution in [-0.2, 0) is 0 Å². The van der Waals surface area contributed by atoms with Crippen molar-refractivity contribution in [2.75, 3.05) is 6.61 Å². The molecule has 1 atom stereocenters. The molecule has 136 valence electrons. The molecular weight excluding hydrogens is 404 g/mol. The second kappa shape index (κ2) is 9.27. The van der Waals surface area contributed by atoms with E-state index in [1.807, 2.05) is 79.7 Å². The second-order valence-corrected chi connectivity index (χ2v) is 6.80. The number of hydrogen-bond donors (Lipinski definition) is 1. The van der Waals surface area contributed by atoms with Crippen molar-refractivity contribution in [3.05, 3.63) is 88.4 Å². The van der Waals surface area contributed by atoms with Crippen molar-refractivity contribution in [1.82, 2.24) is 0 Å². The van der Waals surface area contributed by atoms with Crippen LogP contribution in [0.1, 0.15) is 11.1 Å². The summed E-state index contributed by atoms with van der Waals surface area (Å²) >= 11 is 3.45. The fourth-order valence-corrected chi connectivity index (χ4v) is 2.98. The Morgan fingerprint density at radius 2 is 1.70 bits per heavy atom. The number of benzene rings is 3. The summed E-state index contributed by atoms with van der Waals surface area (Å²) in [6.45, 7) is 2.08. The van der Waals surface area contributed by atoms with Gasteiger partial charge in [-0.3, -0.25) is 0 Å². The first-order valence-electron chi connectivity index (χ1n) is 8.52. The highest BCUT2D eigenvalue weighted by atomic mass is 79.9. The maximum atomic E-state index is 10.1. The number of ether oxygens (including phenoxy) is 2. The van der Waals surface area contributed by atoms with Crippen molar-refractivity contribution in [2.24, 2.45) is 0 Å². The third-order valence-electron chi connectivity index (χ3n) is 3.72. The summed E-state index contributed by atoms with van der Waals surface area (Å²) in [6.07, 6.45) is -0.914. The lowest BCUT2D eigenvalue weighted by Crippen LogP contribution is -2.15. The topological polar surface area (TPSA) is 38.7 Å². The number of aliphatic hydroxyl groups is 1. The Balaban J connectivity index is 1.66. The molecule has 1 unspecified atom stereocenters. The summed E-state index contributed by atoms with van der Waals surface area (Å²) in [5, 5.41) is 10.1. The third-order valence-corrected chi connectivity index (χ3v) is 4.34. The lowest BCUT2D eigenvalue weighted by Gasteiger charge is -2.10. The van der Waals surface area contributed by atoms with Gasteiger partial charge in [0.1, 0.15) is 30.0 Å². The fourth-order valence-electron chi connectivity index (χ4n) is 2.37. The average molecular weight is 423 g/mol. The van der Waals surface area contributed by atoms with Gasteiger partial charge in [-0.05, 0) is 64.8 Å². The predicted molar refractivity (Wildman–Crippen MR) is 110 cm³/mol. The summed E-state index contributed by atoms with van der Waals surface area (Å²) in [5.41, 5.74) is 1.83. The van der Waals surface area contributed by atoms with Gasteiger partial charge >= 0.3 is 0 Å². The monoisotopic (exact) mass is 422 g/mol. The lowest BCUT2D eigenvalue weighted by atomic mass is 10.2. The first-order chi connectivity index (χ1) is 13.1. The van der Waals surface area contributed by atoms with Crippen molar-refractivity contribution >= 4 is 15.9 Å². The second-order valence-electron chi connectivity index (χ2n) is 5.94. The molecule has 0 radical (unpaired) electrons. The summed E-state index contributed by atoms with van der Waals surface area (Å²) in [5.74, 6) is 7.84. The van der Waals surface area contributed by atoms with E-state index in [1.165, 1.54) is 0 Å². The van der Waals surface area contributed by atoms with Crippen molar-refractivity contribution in [1.29, 1.82) is 0 Å². The quantitative estimate of drug-likeness (QED) is 0.563. The highest BCUT2D eigenvalue weighted by molar-refractivity contribution is 9.10. The average Bonchev–Trinajstić information content (AvgIpc) is 2.67. The number of halogens is 1. The highest BCUT2D eigenvalue weighted by Crippen LogP contribution is 2.26. The molecule has 0 aliphatic heterocycles. The molecule has 3 nitrogen and oxygen atoms in total. The molecule has 3 rings (SSSR count). The smallest absolute Gasteiger partial charge is 0.148 e. The molecule has 0 bridgehead atoms. The molecule has 0 aliphatic rings.